The van der Waals surface area contributed by atoms with Crippen LogP contribution in [0, 0.1) is 0 Å². The number of methoxy groups -OCH3 is 1. The molecule has 0 aliphatic rings. The number of aliphatic hydroxyl groups is 1. The lowest BCUT2D eigenvalue weighted by Crippen LogP contribution is -2.27. The molecule has 6 heteroatoms. The van der Waals surface area contributed by atoms with Crippen molar-refractivity contribution in [3.05, 3.63) is 70.0 Å². The van der Waals surface area contributed by atoms with Crippen molar-refractivity contribution in [2.75, 3.05) is 20.3 Å². The fourth-order valence-electron chi connectivity index (χ4n) is 3.05. The van der Waals surface area contributed by atoms with Crippen molar-refractivity contribution in [1.82, 2.24) is 10.3 Å². The molecule has 0 saturated heterocycles. The normalized spacial score (nSPS) is 12.2. The molecule has 3 aromatic rings. The second kappa shape index (κ2) is 8.03. The molecule has 6 nitrogen and oxygen atoms in total. The van der Waals surface area contributed by atoms with Gasteiger partial charge >= 0.3 is 0 Å². The maximum atomic E-state index is 11.5. The standard InChI is InChI=1S/C20H22N2O4/c1-26-14-4-2-3-13(11-14)9-10-21-17(12-23)15-5-7-18(24)20-16(15)6-8-19(25)22-20/h2-8,11,17,21,23-24H,9-10,12H2,1H3,(H,22,25). The van der Waals surface area contributed by atoms with Crippen LogP contribution in [0.1, 0.15) is 17.2 Å². The highest BCUT2D eigenvalue weighted by Gasteiger charge is 2.15. The van der Waals surface area contributed by atoms with Gasteiger partial charge in [-0.25, -0.2) is 0 Å². The molecule has 0 bridgehead atoms. The van der Waals surface area contributed by atoms with Crippen LogP contribution in [0.15, 0.2) is 53.3 Å². The minimum absolute atomic E-state index is 0.00882. The first-order valence-electron chi connectivity index (χ1n) is 8.44. The van der Waals surface area contributed by atoms with Gasteiger partial charge in [0.05, 0.1) is 25.3 Å². The molecule has 136 valence electrons. The summed E-state index contributed by atoms with van der Waals surface area (Å²) in [6, 6.07) is 13.9. The van der Waals surface area contributed by atoms with Crippen LogP contribution < -0.4 is 15.6 Å². The molecule has 0 aliphatic heterocycles. The van der Waals surface area contributed by atoms with Gasteiger partial charge in [0.1, 0.15) is 11.5 Å². The summed E-state index contributed by atoms with van der Waals surface area (Å²) in [5.41, 5.74) is 2.05. The third-order valence-corrected chi connectivity index (χ3v) is 4.40. The highest BCUT2D eigenvalue weighted by Crippen LogP contribution is 2.28. The fourth-order valence-corrected chi connectivity index (χ4v) is 3.05. The lowest BCUT2D eigenvalue weighted by Gasteiger charge is -2.19. The van der Waals surface area contributed by atoms with Crippen molar-refractivity contribution in [1.29, 1.82) is 0 Å². The van der Waals surface area contributed by atoms with Gasteiger partial charge in [-0.1, -0.05) is 18.2 Å². The largest absolute Gasteiger partial charge is 0.506 e. The number of hydrogen-bond donors (Lipinski definition) is 4. The first-order chi connectivity index (χ1) is 12.6. The lowest BCUT2D eigenvalue weighted by molar-refractivity contribution is 0.246. The second-order valence-electron chi connectivity index (χ2n) is 6.08. The molecule has 1 heterocycles. The molecule has 1 unspecified atom stereocenters. The molecular weight excluding hydrogens is 332 g/mol. The highest BCUT2D eigenvalue weighted by molar-refractivity contribution is 5.87. The third kappa shape index (κ3) is 3.87. The van der Waals surface area contributed by atoms with E-state index in [-0.39, 0.29) is 24.0 Å². The van der Waals surface area contributed by atoms with E-state index in [9.17, 15) is 15.0 Å². The summed E-state index contributed by atoms with van der Waals surface area (Å²) < 4.78 is 5.23. The summed E-state index contributed by atoms with van der Waals surface area (Å²) >= 11 is 0. The molecule has 26 heavy (non-hydrogen) atoms. The number of nitrogens with one attached hydrogen (secondary N) is 2. The van der Waals surface area contributed by atoms with Gasteiger partial charge < -0.3 is 25.3 Å². The van der Waals surface area contributed by atoms with Gasteiger partial charge in [0.15, 0.2) is 0 Å². The van der Waals surface area contributed by atoms with Gasteiger partial charge in [0.25, 0.3) is 0 Å². The lowest BCUT2D eigenvalue weighted by atomic mass is 10.0. The highest BCUT2D eigenvalue weighted by atomic mass is 16.5. The molecule has 0 fully saturated rings. The van der Waals surface area contributed by atoms with Crippen LogP contribution in [0.25, 0.3) is 10.9 Å². The maximum Gasteiger partial charge on any atom is 0.248 e. The molecule has 0 amide bonds. The molecule has 1 aromatic heterocycles. The number of ether oxygens (including phenoxy) is 1. The minimum Gasteiger partial charge on any atom is -0.506 e. The maximum absolute atomic E-state index is 11.5. The monoisotopic (exact) mass is 354 g/mol. The van der Waals surface area contributed by atoms with Crippen molar-refractivity contribution in [2.45, 2.75) is 12.5 Å². The number of H-pyrrole nitrogens is 1. The van der Waals surface area contributed by atoms with Gasteiger partial charge in [-0.3, -0.25) is 4.79 Å². The number of aliphatic hydroxyl groups excluding tert-OH is 1. The summed E-state index contributed by atoms with van der Waals surface area (Å²) in [4.78, 5) is 14.2. The number of aromatic amines is 1. The average molecular weight is 354 g/mol. The van der Waals surface area contributed by atoms with E-state index in [4.69, 9.17) is 4.74 Å². The molecule has 0 radical (unpaired) electrons. The fraction of sp³-hybridized carbons (Fsp3) is 0.250. The molecule has 2 aromatic carbocycles. The Bertz CT molecular complexity index is 952. The zero-order valence-corrected chi connectivity index (χ0v) is 14.5. The zero-order valence-electron chi connectivity index (χ0n) is 14.5. The van der Waals surface area contributed by atoms with Gasteiger partial charge in [0, 0.05) is 11.5 Å². The van der Waals surface area contributed by atoms with Crippen LogP contribution in [0.4, 0.5) is 0 Å². The quantitative estimate of drug-likeness (QED) is 0.521. The van der Waals surface area contributed by atoms with Crippen LogP contribution in [0.5, 0.6) is 11.5 Å². The Morgan fingerprint density at radius 3 is 2.81 bits per heavy atom. The Morgan fingerprint density at radius 1 is 1.19 bits per heavy atom. The van der Waals surface area contributed by atoms with Gasteiger partial charge in [-0.15, -0.1) is 0 Å². The predicted molar refractivity (Wildman–Crippen MR) is 101 cm³/mol. The molecule has 0 spiro atoms. The van der Waals surface area contributed by atoms with E-state index in [1.807, 2.05) is 24.3 Å². The molecule has 4 N–H and O–H groups in total. The number of pyridine rings is 1. The Morgan fingerprint density at radius 2 is 2.04 bits per heavy atom. The van der Waals surface area contributed by atoms with E-state index >= 15 is 0 Å². The smallest absolute Gasteiger partial charge is 0.248 e. The summed E-state index contributed by atoms with van der Waals surface area (Å²) in [5, 5.41) is 23.8. The Kier molecular flexibility index (Phi) is 5.55. The van der Waals surface area contributed by atoms with E-state index in [0.717, 1.165) is 23.3 Å². The van der Waals surface area contributed by atoms with Crippen LogP contribution in [0.2, 0.25) is 0 Å². The molecule has 0 aliphatic carbocycles. The van der Waals surface area contributed by atoms with Crippen LogP contribution in [-0.2, 0) is 6.42 Å². The van der Waals surface area contributed by atoms with Crippen LogP contribution in [-0.4, -0.2) is 35.5 Å². The zero-order chi connectivity index (χ0) is 18.5. The molecule has 1 atom stereocenters. The summed E-state index contributed by atoms with van der Waals surface area (Å²) in [6.45, 7) is 0.557. The second-order valence-corrected chi connectivity index (χ2v) is 6.08. The predicted octanol–water partition coefficient (Wildman–Crippen LogP) is 2.11. The van der Waals surface area contributed by atoms with Crippen molar-refractivity contribution in [2.24, 2.45) is 0 Å². The SMILES string of the molecule is COc1cccc(CCNC(CO)c2ccc(O)c3[nH]c(=O)ccc23)c1. The first-order valence-corrected chi connectivity index (χ1v) is 8.44. The number of aromatic nitrogens is 1. The van der Waals surface area contributed by atoms with E-state index in [1.54, 1.807) is 19.2 Å². The van der Waals surface area contributed by atoms with Gasteiger partial charge in [-0.2, -0.15) is 0 Å². The number of rotatable bonds is 7. The van der Waals surface area contributed by atoms with E-state index in [0.29, 0.717) is 17.4 Å². The third-order valence-electron chi connectivity index (χ3n) is 4.40. The van der Waals surface area contributed by atoms with E-state index < -0.39 is 0 Å². The number of phenols is 1. The number of benzene rings is 2. The average Bonchev–Trinajstić information content (AvgIpc) is 2.66. The number of fused-ring (bicyclic) bond motifs is 1. The Labute approximate surface area is 151 Å². The molecular formula is C20H22N2O4. The summed E-state index contributed by atoms with van der Waals surface area (Å²) in [7, 11) is 1.64. The van der Waals surface area contributed by atoms with Gasteiger partial charge in [0.2, 0.25) is 5.56 Å². The topological polar surface area (TPSA) is 94.6 Å². The molecule has 3 rings (SSSR count). The Balaban J connectivity index is 1.78. The van der Waals surface area contributed by atoms with E-state index in [2.05, 4.69) is 10.3 Å². The van der Waals surface area contributed by atoms with Crippen molar-refractivity contribution in [3.63, 3.8) is 0 Å². The Hall–Kier alpha value is -2.83. The van der Waals surface area contributed by atoms with Gasteiger partial charge in [-0.05, 0) is 48.4 Å². The number of hydrogen-bond acceptors (Lipinski definition) is 5. The van der Waals surface area contributed by atoms with Crippen LogP contribution in [0.3, 0.4) is 0 Å². The summed E-state index contributed by atoms with van der Waals surface area (Å²) in [5.74, 6) is 0.823. The number of phenolic OH excluding ortho intramolecular Hbond substituents is 1. The minimum atomic E-state index is -0.311. The summed E-state index contributed by atoms with van der Waals surface area (Å²) in [6.07, 6.45) is 0.778. The van der Waals surface area contributed by atoms with Crippen LogP contribution >= 0.6 is 0 Å². The first kappa shape index (κ1) is 18.0. The molecule has 0 saturated carbocycles. The van der Waals surface area contributed by atoms with E-state index in [1.165, 1.54) is 12.1 Å². The van der Waals surface area contributed by atoms with Crippen molar-refractivity contribution < 1.29 is 14.9 Å². The van der Waals surface area contributed by atoms with Crippen molar-refractivity contribution >= 4 is 10.9 Å². The number of aromatic hydroxyl groups is 1. The van der Waals surface area contributed by atoms with Crippen molar-refractivity contribution in [3.8, 4) is 11.5 Å².